The molecule has 0 spiro atoms. The fourth-order valence-electron chi connectivity index (χ4n) is 2.58. The van der Waals surface area contributed by atoms with Gasteiger partial charge in [-0.05, 0) is 51.9 Å². The van der Waals surface area contributed by atoms with Gasteiger partial charge in [0.2, 0.25) is 0 Å². The van der Waals surface area contributed by atoms with Crippen LogP contribution in [-0.4, -0.2) is 21.8 Å². The molecule has 0 radical (unpaired) electrons. The number of allylic oxidation sites excluding steroid dienone is 6. The molecular weight excluding hydrogens is 288 g/mol. The van der Waals surface area contributed by atoms with Gasteiger partial charge in [0.25, 0.3) is 0 Å². The second-order valence-corrected chi connectivity index (χ2v) is 6.95. The summed E-state index contributed by atoms with van der Waals surface area (Å²) in [5.41, 5.74) is 2.03. The third-order valence-corrected chi connectivity index (χ3v) is 4.24. The summed E-state index contributed by atoms with van der Waals surface area (Å²) in [6.45, 7) is 8.11. The van der Waals surface area contributed by atoms with Crippen LogP contribution in [0.2, 0.25) is 0 Å². The summed E-state index contributed by atoms with van der Waals surface area (Å²) >= 11 is 0. The highest BCUT2D eigenvalue weighted by Gasteiger charge is 2.16. The van der Waals surface area contributed by atoms with Crippen LogP contribution in [0.4, 0.5) is 0 Å². The lowest BCUT2D eigenvalue weighted by molar-refractivity contribution is -0.132. The van der Waals surface area contributed by atoms with Gasteiger partial charge in [-0.2, -0.15) is 0 Å². The lowest BCUT2D eigenvalue weighted by atomic mass is 9.93. The average molecular weight is 318 g/mol. The number of aliphatic carboxylic acids is 1. The van der Waals surface area contributed by atoms with E-state index in [1.807, 2.05) is 12.2 Å². The fourth-order valence-corrected chi connectivity index (χ4v) is 2.58. The molecule has 3 nitrogen and oxygen atoms in total. The first kappa shape index (κ1) is 19.4. The molecule has 0 saturated carbocycles. The third-order valence-electron chi connectivity index (χ3n) is 4.24. The van der Waals surface area contributed by atoms with Gasteiger partial charge in [0.05, 0.1) is 5.60 Å². The highest BCUT2D eigenvalue weighted by Crippen LogP contribution is 2.22. The predicted octanol–water partition coefficient (Wildman–Crippen LogP) is 4.80. The predicted molar refractivity (Wildman–Crippen MR) is 95.2 cm³/mol. The minimum atomic E-state index is -0.899. The van der Waals surface area contributed by atoms with Gasteiger partial charge in [0.1, 0.15) is 0 Å². The van der Waals surface area contributed by atoms with Crippen molar-refractivity contribution in [2.24, 2.45) is 5.92 Å². The van der Waals surface area contributed by atoms with Gasteiger partial charge in [-0.15, -0.1) is 0 Å². The van der Waals surface area contributed by atoms with Crippen molar-refractivity contribution in [3.63, 3.8) is 0 Å². The van der Waals surface area contributed by atoms with Crippen LogP contribution < -0.4 is 0 Å². The Kier molecular flexibility index (Phi) is 7.50. The quantitative estimate of drug-likeness (QED) is 0.719. The molecule has 0 saturated heterocycles. The number of carbonyl (C=O) groups is 1. The van der Waals surface area contributed by atoms with Crippen molar-refractivity contribution in [3.05, 3.63) is 47.1 Å². The molecule has 0 bridgehead atoms. The van der Waals surface area contributed by atoms with Crippen LogP contribution in [0, 0.1) is 5.92 Å². The zero-order valence-corrected chi connectivity index (χ0v) is 14.8. The minimum Gasteiger partial charge on any atom is -0.478 e. The van der Waals surface area contributed by atoms with Crippen molar-refractivity contribution in [2.45, 2.75) is 65.4 Å². The van der Waals surface area contributed by atoms with Gasteiger partial charge in [-0.3, -0.25) is 0 Å². The molecule has 2 N–H and O–H groups in total. The molecule has 0 aliphatic heterocycles. The van der Waals surface area contributed by atoms with Crippen molar-refractivity contribution < 1.29 is 15.0 Å². The van der Waals surface area contributed by atoms with E-state index in [0.717, 1.165) is 12.8 Å². The Hall–Kier alpha value is -1.61. The van der Waals surface area contributed by atoms with Crippen LogP contribution in [0.15, 0.2) is 47.1 Å². The summed E-state index contributed by atoms with van der Waals surface area (Å²) in [4.78, 5) is 11.4. The van der Waals surface area contributed by atoms with E-state index < -0.39 is 11.6 Å². The molecule has 1 aliphatic carbocycles. The molecule has 0 aromatic heterocycles. The first-order chi connectivity index (χ1) is 10.7. The van der Waals surface area contributed by atoms with Crippen LogP contribution in [0.25, 0.3) is 0 Å². The van der Waals surface area contributed by atoms with Gasteiger partial charge in [0.15, 0.2) is 0 Å². The van der Waals surface area contributed by atoms with E-state index in [2.05, 4.69) is 32.9 Å². The number of rotatable bonds is 2. The van der Waals surface area contributed by atoms with Crippen molar-refractivity contribution >= 4 is 5.97 Å². The fraction of sp³-hybridized carbons (Fsp3) is 0.550. The molecule has 3 heteroatoms. The molecule has 0 amide bonds. The largest absolute Gasteiger partial charge is 0.478 e. The maximum Gasteiger partial charge on any atom is 0.331 e. The van der Waals surface area contributed by atoms with Crippen LogP contribution >= 0.6 is 0 Å². The van der Waals surface area contributed by atoms with E-state index in [4.69, 9.17) is 0 Å². The Morgan fingerprint density at radius 2 is 1.96 bits per heavy atom. The van der Waals surface area contributed by atoms with Crippen molar-refractivity contribution in [3.8, 4) is 0 Å². The molecule has 0 aromatic rings. The maximum absolute atomic E-state index is 11.4. The van der Waals surface area contributed by atoms with E-state index in [1.54, 1.807) is 13.0 Å². The minimum absolute atomic E-state index is 0.401. The maximum atomic E-state index is 11.4. The molecule has 1 atom stereocenters. The Labute approximate surface area is 140 Å². The topological polar surface area (TPSA) is 57.5 Å². The van der Waals surface area contributed by atoms with Gasteiger partial charge in [-0.1, -0.05) is 55.4 Å². The first-order valence-corrected chi connectivity index (χ1v) is 8.40. The van der Waals surface area contributed by atoms with Gasteiger partial charge < -0.3 is 10.2 Å². The molecule has 1 unspecified atom stereocenters. The van der Waals surface area contributed by atoms with Crippen LogP contribution in [0.5, 0.6) is 0 Å². The van der Waals surface area contributed by atoms with Crippen molar-refractivity contribution in [1.82, 2.24) is 0 Å². The molecular formula is C20H30O3. The number of hydrogen-bond donors (Lipinski definition) is 2. The third kappa shape index (κ3) is 7.47. The average Bonchev–Trinajstić information content (AvgIpc) is 2.43. The van der Waals surface area contributed by atoms with Crippen LogP contribution in [-0.2, 0) is 4.79 Å². The Bertz CT molecular complexity index is 531. The molecule has 0 fully saturated rings. The zero-order chi connectivity index (χ0) is 17.5. The standard InChI is InChI=1S/C20H30O3/c1-15(2)17-10-9-16(3)7-5-13-20(4,23)14-6-8-18(12-11-17)19(21)22/h5,8-10,13,15,23H,6-7,11-12,14H2,1-4H3,(H,21,22)/b13-5-,16-9-,17-10+,18-8+. The summed E-state index contributed by atoms with van der Waals surface area (Å²) in [5, 5.41) is 19.7. The molecule has 128 valence electrons. The number of hydrogen-bond acceptors (Lipinski definition) is 2. The van der Waals surface area contributed by atoms with Crippen LogP contribution in [0.1, 0.15) is 59.8 Å². The SMILES string of the molecule is C/C1=C/C=C(/C(C)C)CC/C(C(=O)O)=C\CCC(C)(O)/C=C\C1. The van der Waals surface area contributed by atoms with Crippen molar-refractivity contribution in [1.29, 1.82) is 0 Å². The normalized spacial score (nSPS) is 32.7. The second-order valence-electron chi connectivity index (χ2n) is 6.95. The van der Waals surface area contributed by atoms with E-state index >= 15 is 0 Å². The summed E-state index contributed by atoms with van der Waals surface area (Å²) in [6, 6.07) is 0. The van der Waals surface area contributed by atoms with Gasteiger partial charge in [-0.25, -0.2) is 4.79 Å². The number of carboxylic acids is 1. The van der Waals surface area contributed by atoms with E-state index in [1.165, 1.54) is 11.1 Å². The molecule has 0 aromatic carbocycles. The second kappa shape index (κ2) is 8.88. The lowest BCUT2D eigenvalue weighted by Crippen LogP contribution is -2.20. The van der Waals surface area contributed by atoms with Gasteiger partial charge in [0, 0.05) is 5.57 Å². The van der Waals surface area contributed by atoms with Gasteiger partial charge >= 0.3 is 5.97 Å². The smallest absolute Gasteiger partial charge is 0.331 e. The lowest BCUT2D eigenvalue weighted by Gasteiger charge is -2.18. The Balaban J connectivity index is 3.09. The summed E-state index contributed by atoms with van der Waals surface area (Å²) in [7, 11) is 0. The molecule has 0 heterocycles. The molecule has 23 heavy (non-hydrogen) atoms. The zero-order valence-electron chi connectivity index (χ0n) is 14.8. The number of aliphatic hydroxyl groups is 1. The molecule has 1 rings (SSSR count). The van der Waals surface area contributed by atoms with Crippen molar-refractivity contribution in [2.75, 3.05) is 0 Å². The summed E-state index contributed by atoms with van der Waals surface area (Å²) < 4.78 is 0. The number of carboxylic acid groups (broad SMARTS) is 1. The van der Waals surface area contributed by atoms with Crippen LogP contribution in [0.3, 0.4) is 0 Å². The highest BCUT2D eigenvalue weighted by molar-refractivity contribution is 5.86. The van der Waals surface area contributed by atoms with E-state index in [0.29, 0.717) is 30.8 Å². The molecule has 1 aliphatic rings. The summed E-state index contributed by atoms with van der Waals surface area (Å²) in [6.07, 6.45) is 13.0. The Morgan fingerprint density at radius 1 is 1.26 bits per heavy atom. The summed E-state index contributed by atoms with van der Waals surface area (Å²) in [5.74, 6) is -0.458. The van der Waals surface area contributed by atoms with E-state index in [-0.39, 0.29) is 0 Å². The Morgan fingerprint density at radius 3 is 2.57 bits per heavy atom. The highest BCUT2D eigenvalue weighted by atomic mass is 16.4. The van der Waals surface area contributed by atoms with E-state index in [9.17, 15) is 15.0 Å². The first-order valence-electron chi connectivity index (χ1n) is 8.40. The monoisotopic (exact) mass is 318 g/mol.